The highest BCUT2D eigenvalue weighted by atomic mass is 28.3. The quantitative estimate of drug-likeness (QED) is 0.107. The molecule has 0 aliphatic heterocycles. The summed E-state index contributed by atoms with van der Waals surface area (Å²) in [6, 6.07) is 83.8. The number of hydrogen-bond donors (Lipinski definition) is 0. The first-order valence-electron chi connectivity index (χ1n) is 24.6. The van der Waals surface area contributed by atoms with Crippen molar-refractivity contribution in [1.29, 1.82) is 0 Å². The van der Waals surface area contributed by atoms with E-state index in [0.29, 0.717) is 17.5 Å². The molecule has 0 N–H and O–H groups in total. The molecule has 0 atom stereocenters. The molecular weight excluding hydrogens is 865 g/mol. The summed E-state index contributed by atoms with van der Waals surface area (Å²) in [5.74, 6) is 1.88. The van der Waals surface area contributed by atoms with Gasteiger partial charge in [-0.15, -0.1) is 0 Å². The van der Waals surface area contributed by atoms with E-state index in [1.807, 2.05) is 0 Å². The number of benzene rings is 9. The van der Waals surface area contributed by atoms with Crippen LogP contribution in [-0.2, 0) is 10.8 Å². The zero-order valence-electron chi connectivity index (χ0n) is 40.1. The van der Waals surface area contributed by atoms with Crippen molar-refractivity contribution in [3.05, 3.63) is 242 Å². The summed E-state index contributed by atoms with van der Waals surface area (Å²) >= 11 is 0. The maximum absolute atomic E-state index is 5.38. The van der Waals surface area contributed by atoms with E-state index >= 15 is 0 Å². The van der Waals surface area contributed by atoms with Crippen LogP contribution in [-0.4, -0.2) is 27.6 Å². The van der Waals surface area contributed by atoms with Crippen LogP contribution in [0.3, 0.4) is 0 Å². The van der Waals surface area contributed by atoms with E-state index in [-0.39, 0.29) is 10.8 Å². The van der Waals surface area contributed by atoms with E-state index in [4.69, 9.17) is 15.0 Å². The Morgan fingerprint density at radius 3 is 1.37 bits per heavy atom. The van der Waals surface area contributed by atoms with Crippen LogP contribution < -0.4 is 20.7 Å². The lowest BCUT2D eigenvalue weighted by molar-refractivity contribution is 0.332. The Morgan fingerprint density at radius 2 is 0.786 bits per heavy atom. The van der Waals surface area contributed by atoms with Crippen LogP contribution in [0.15, 0.2) is 231 Å². The van der Waals surface area contributed by atoms with Gasteiger partial charge in [0.2, 0.25) is 0 Å². The van der Waals surface area contributed by atoms with Gasteiger partial charge in [-0.3, -0.25) is 0 Å². The molecule has 0 unspecified atom stereocenters. The minimum Gasteiger partial charge on any atom is -0.309 e. The Kier molecular flexibility index (Phi) is 10.6. The van der Waals surface area contributed by atoms with Gasteiger partial charge in [-0.2, -0.15) is 0 Å². The summed E-state index contributed by atoms with van der Waals surface area (Å²) in [7, 11) is -2.83. The smallest absolute Gasteiger partial charge is 0.179 e. The second-order valence-electron chi connectivity index (χ2n) is 20.3. The van der Waals surface area contributed by atoms with Gasteiger partial charge in [-0.25, -0.2) is 15.0 Å². The molecule has 9 aromatic carbocycles. The predicted molar refractivity (Wildman–Crippen MR) is 295 cm³/mol. The van der Waals surface area contributed by atoms with Gasteiger partial charge in [0.1, 0.15) is 0 Å². The van der Waals surface area contributed by atoms with Gasteiger partial charge >= 0.3 is 0 Å². The lowest BCUT2D eigenvalue weighted by atomic mass is 9.63. The normalized spacial score (nSPS) is 14.1. The number of rotatable bonds is 9. The number of para-hydroxylation sites is 1. The molecule has 0 bridgehead atoms. The van der Waals surface area contributed by atoms with Gasteiger partial charge in [-0.1, -0.05) is 210 Å². The van der Waals surface area contributed by atoms with Crippen molar-refractivity contribution in [2.45, 2.75) is 51.4 Å². The molecule has 0 spiro atoms. The molecule has 1 aliphatic rings. The van der Waals surface area contributed by atoms with Gasteiger partial charge in [0.25, 0.3) is 0 Å². The second kappa shape index (κ2) is 17.2. The summed E-state index contributed by atoms with van der Waals surface area (Å²) in [5, 5.41) is 7.77. The van der Waals surface area contributed by atoms with Crippen molar-refractivity contribution in [3.8, 4) is 51.0 Å². The molecular formula is C65H54N4Si. The SMILES string of the molecule is CC1(C)CCC(C)(C)c2cc3c(cc21)c1ccccc1n3-c1ccc(-c2nc(-c3cccc(-c4ccccc4)c3)nc(-c3cccc([Si](c4ccccc4)(c4ccccc4)c4ccccc4)c3)n2)cc1. The highest BCUT2D eigenvalue weighted by Crippen LogP contribution is 2.48. The van der Waals surface area contributed by atoms with Crippen LogP contribution in [0.25, 0.3) is 72.8 Å². The maximum Gasteiger partial charge on any atom is 0.179 e. The zero-order chi connectivity index (χ0) is 47.5. The number of hydrogen-bond acceptors (Lipinski definition) is 3. The highest BCUT2D eigenvalue weighted by Gasteiger charge is 2.42. The number of nitrogens with zero attached hydrogens (tertiary/aromatic N) is 4. The van der Waals surface area contributed by atoms with Crippen molar-refractivity contribution in [2.24, 2.45) is 0 Å². The molecule has 338 valence electrons. The van der Waals surface area contributed by atoms with Gasteiger partial charge < -0.3 is 4.57 Å². The molecule has 1 aliphatic carbocycles. The minimum atomic E-state index is -2.83. The highest BCUT2D eigenvalue weighted by molar-refractivity contribution is 7.19. The Bertz CT molecular complexity index is 3600. The average Bonchev–Trinajstić information content (AvgIpc) is 3.75. The molecule has 0 amide bonds. The first-order valence-corrected chi connectivity index (χ1v) is 26.6. The van der Waals surface area contributed by atoms with Gasteiger partial charge in [-0.05, 0) is 115 Å². The van der Waals surface area contributed by atoms with Crippen LogP contribution in [0.2, 0.25) is 0 Å². The number of aromatic nitrogens is 4. The van der Waals surface area contributed by atoms with Crippen molar-refractivity contribution >= 4 is 50.6 Å². The largest absolute Gasteiger partial charge is 0.309 e. The van der Waals surface area contributed by atoms with Gasteiger partial charge in [0.15, 0.2) is 25.5 Å². The predicted octanol–water partition coefficient (Wildman–Crippen LogP) is 13.4. The fourth-order valence-corrected chi connectivity index (χ4v) is 16.1. The fraction of sp³-hybridized carbons (Fsp3) is 0.123. The Labute approximate surface area is 412 Å². The van der Waals surface area contributed by atoms with Crippen molar-refractivity contribution in [2.75, 3.05) is 0 Å². The van der Waals surface area contributed by atoms with Crippen molar-refractivity contribution < 1.29 is 0 Å². The van der Waals surface area contributed by atoms with Crippen LogP contribution in [0.1, 0.15) is 51.7 Å². The molecule has 0 fully saturated rings. The van der Waals surface area contributed by atoms with E-state index in [9.17, 15) is 0 Å². The average molecular weight is 919 g/mol. The standard InChI is InChI=1S/C65H54N4Si/c1-64(2)39-40-65(3,4)58-44-60-56(43-57(58)64)55-33-17-18-34-59(55)69(60)50-37-35-46(36-38-50)61-66-62(48-24-19-23-47(41-48)45-21-9-5-10-22-45)68-63(67-61)49-25-20-32-54(42-49)70(51-26-11-6-12-27-51,52-28-13-7-14-29-52)53-30-15-8-16-31-53/h5-38,41-44H,39-40H2,1-4H3. The van der Waals surface area contributed by atoms with Crippen LogP contribution in [0.5, 0.6) is 0 Å². The molecule has 0 saturated heterocycles. The van der Waals surface area contributed by atoms with Crippen molar-refractivity contribution in [3.63, 3.8) is 0 Å². The third-order valence-corrected chi connectivity index (χ3v) is 19.8. The molecule has 0 saturated carbocycles. The van der Waals surface area contributed by atoms with Crippen LogP contribution in [0, 0.1) is 0 Å². The summed E-state index contributed by atoms with van der Waals surface area (Å²) < 4.78 is 2.44. The monoisotopic (exact) mass is 918 g/mol. The molecule has 2 heterocycles. The molecule has 0 radical (unpaired) electrons. The van der Waals surface area contributed by atoms with E-state index in [0.717, 1.165) is 33.5 Å². The van der Waals surface area contributed by atoms with Gasteiger partial charge in [0, 0.05) is 33.2 Å². The summed E-state index contributed by atoms with van der Waals surface area (Å²) in [6.07, 6.45) is 2.35. The zero-order valence-corrected chi connectivity index (χ0v) is 41.1. The first kappa shape index (κ1) is 43.3. The third kappa shape index (κ3) is 7.40. The molecule has 70 heavy (non-hydrogen) atoms. The first-order chi connectivity index (χ1) is 34.2. The molecule has 11 aromatic rings. The minimum absolute atomic E-state index is 0.0900. The summed E-state index contributed by atoms with van der Waals surface area (Å²) in [5.41, 5.74) is 11.7. The molecule has 4 nitrogen and oxygen atoms in total. The Balaban J connectivity index is 1.03. The Hall–Kier alpha value is -7.99. The molecule has 5 heteroatoms. The van der Waals surface area contributed by atoms with E-state index in [1.165, 1.54) is 66.5 Å². The summed E-state index contributed by atoms with van der Waals surface area (Å²) in [4.78, 5) is 16.0. The van der Waals surface area contributed by atoms with Crippen LogP contribution >= 0.6 is 0 Å². The Morgan fingerprint density at radius 1 is 0.343 bits per heavy atom. The van der Waals surface area contributed by atoms with E-state index in [2.05, 4.69) is 263 Å². The van der Waals surface area contributed by atoms with Crippen molar-refractivity contribution in [1.82, 2.24) is 19.5 Å². The molecule has 2 aromatic heterocycles. The summed E-state index contributed by atoms with van der Waals surface area (Å²) in [6.45, 7) is 9.64. The lowest BCUT2D eigenvalue weighted by Crippen LogP contribution is -2.74. The van der Waals surface area contributed by atoms with Gasteiger partial charge in [0.05, 0.1) is 11.0 Å². The third-order valence-electron chi connectivity index (χ3n) is 15.1. The topological polar surface area (TPSA) is 43.6 Å². The van der Waals surface area contributed by atoms with E-state index < -0.39 is 8.07 Å². The van der Waals surface area contributed by atoms with Crippen LogP contribution in [0.4, 0.5) is 0 Å². The molecule has 12 rings (SSSR count). The maximum atomic E-state index is 5.38. The fourth-order valence-electron chi connectivity index (χ4n) is 11.3. The second-order valence-corrected chi connectivity index (χ2v) is 24.1. The van der Waals surface area contributed by atoms with E-state index in [1.54, 1.807) is 0 Å². The number of fused-ring (bicyclic) bond motifs is 4. The lowest BCUT2D eigenvalue weighted by Gasteiger charge is -2.42.